The van der Waals surface area contributed by atoms with Crippen molar-refractivity contribution in [2.45, 2.75) is 6.92 Å². The summed E-state index contributed by atoms with van der Waals surface area (Å²) >= 11 is 0. The second kappa shape index (κ2) is 7.19. The zero-order valence-corrected chi connectivity index (χ0v) is 16.2. The van der Waals surface area contributed by atoms with Crippen molar-refractivity contribution in [3.8, 4) is 11.4 Å². The standard InChI is InChI=1S/C23H22N4O/c1-15-11-12-20-21(13-15)25-22(24-20)18-9-4-5-10-19(18)26-23(28)16-7-6-8-17(14-16)27(2)3/h4-14H,1-3H3,(H,24,25)(H,26,28). The summed E-state index contributed by atoms with van der Waals surface area (Å²) in [7, 11) is 3.91. The summed E-state index contributed by atoms with van der Waals surface area (Å²) in [5.41, 5.74) is 6.22. The normalized spacial score (nSPS) is 10.8. The minimum absolute atomic E-state index is 0.150. The minimum Gasteiger partial charge on any atom is -0.378 e. The molecule has 1 aromatic heterocycles. The molecular weight excluding hydrogens is 348 g/mol. The Kier molecular flexibility index (Phi) is 4.57. The lowest BCUT2D eigenvalue weighted by Crippen LogP contribution is -2.14. The summed E-state index contributed by atoms with van der Waals surface area (Å²) in [6.45, 7) is 2.05. The predicted octanol–water partition coefficient (Wildman–Crippen LogP) is 4.86. The van der Waals surface area contributed by atoms with Crippen LogP contribution in [0.4, 0.5) is 11.4 Å². The largest absolute Gasteiger partial charge is 0.378 e. The maximum Gasteiger partial charge on any atom is 0.255 e. The van der Waals surface area contributed by atoms with Crippen molar-refractivity contribution in [2.24, 2.45) is 0 Å². The van der Waals surface area contributed by atoms with Crippen molar-refractivity contribution in [3.05, 3.63) is 77.9 Å². The van der Waals surface area contributed by atoms with E-state index in [1.165, 1.54) is 5.56 Å². The summed E-state index contributed by atoms with van der Waals surface area (Å²) in [6.07, 6.45) is 0. The first kappa shape index (κ1) is 17.8. The fraction of sp³-hybridized carbons (Fsp3) is 0.130. The summed E-state index contributed by atoms with van der Waals surface area (Å²) in [5, 5.41) is 3.03. The lowest BCUT2D eigenvalue weighted by molar-refractivity contribution is 0.102. The zero-order chi connectivity index (χ0) is 19.7. The van der Waals surface area contributed by atoms with Crippen LogP contribution in [0.1, 0.15) is 15.9 Å². The van der Waals surface area contributed by atoms with Crippen LogP contribution in [0.5, 0.6) is 0 Å². The molecule has 0 aliphatic carbocycles. The molecule has 140 valence electrons. The molecule has 0 unspecified atom stereocenters. The third-order valence-electron chi connectivity index (χ3n) is 4.69. The van der Waals surface area contributed by atoms with Crippen molar-refractivity contribution < 1.29 is 4.79 Å². The third kappa shape index (κ3) is 3.47. The van der Waals surface area contributed by atoms with E-state index in [0.29, 0.717) is 5.56 Å². The second-order valence-corrected chi connectivity index (χ2v) is 7.05. The molecule has 0 spiro atoms. The number of aromatic nitrogens is 2. The topological polar surface area (TPSA) is 61.0 Å². The molecule has 2 N–H and O–H groups in total. The Morgan fingerprint density at radius 1 is 1.00 bits per heavy atom. The summed E-state index contributed by atoms with van der Waals surface area (Å²) < 4.78 is 0. The van der Waals surface area contributed by atoms with Gasteiger partial charge in [-0.1, -0.05) is 24.3 Å². The number of para-hydroxylation sites is 1. The maximum atomic E-state index is 12.8. The monoisotopic (exact) mass is 370 g/mol. The average molecular weight is 370 g/mol. The Morgan fingerprint density at radius 2 is 1.82 bits per heavy atom. The molecule has 0 fully saturated rings. The second-order valence-electron chi connectivity index (χ2n) is 7.05. The molecule has 0 radical (unpaired) electrons. The van der Waals surface area contributed by atoms with Crippen LogP contribution < -0.4 is 10.2 Å². The van der Waals surface area contributed by atoms with Gasteiger partial charge in [-0.05, 0) is 55.0 Å². The number of aryl methyl sites for hydroxylation is 1. The summed E-state index contributed by atoms with van der Waals surface area (Å²) in [5.74, 6) is 0.585. The number of hydrogen-bond donors (Lipinski definition) is 2. The number of imidazole rings is 1. The molecule has 0 aliphatic heterocycles. The van der Waals surface area contributed by atoms with Crippen LogP contribution in [0.3, 0.4) is 0 Å². The van der Waals surface area contributed by atoms with Crippen LogP contribution in [-0.4, -0.2) is 30.0 Å². The molecule has 1 heterocycles. The van der Waals surface area contributed by atoms with E-state index in [4.69, 9.17) is 0 Å². The quantitative estimate of drug-likeness (QED) is 0.539. The van der Waals surface area contributed by atoms with Crippen molar-refractivity contribution in [1.82, 2.24) is 9.97 Å². The fourth-order valence-corrected chi connectivity index (χ4v) is 3.17. The lowest BCUT2D eigenvalue weighted by Gasteiger charge is -2.14. The third-order valence-corrected chi connectivity index (χ3v) is 4.69. The molecule has 28 heavy (non-hydrogen) atoms. The predicted molar refractivity (Wildman–Crippen MR) is 115 cm³/mol. The van der Waals surface area contributed by atoms with Gasteiger partial charge in [-0.15, -0.1) is 0 Å². The minimum atomic E-state index is -0.150. The zero-order valence-electron chi connectivity index (χ0n) is 16.2. The van der Waals surface area contributed by atoms with Crippen LogP contribution in [0.2, 0.25) is 0 Å². The van der Waals surface area contributed by atoms with E-state index >= 15 is 0 Å². The number of carbonyl (C=O) groups excluding carboxylic acids is 1. The van der Waals surface area contributed by atoms with E-state index in [2.05, 4.69) is 28.3 Å². The van der Waals surface area contributed by atoms with Gasteiger partial charge < -0.3 is 15.2 Å². The number of benzene rings is 3. The molecule has 0 atom stereocenters. The number of anilines is 2. The van der Waals surface area contributed by atoms with Gasteiger partial charge in [0.1, 0.15) is 5.82 Å². The number of amides is 1. The van der Waals surface area contributed by atoms with Gasteiger partial charge >= 0.3 is 0 Å². The molecule has 5 nitrogen and oxygen atoms in total. The molecule has 4 rings (SSSR count). The number of fused-ring (bicyclic) bond motifs is 1. The Labute approximate surface area is 164 Å². The van der Waals surface area contributed by atoms with E-state index < -0.39 is 0 Å². The van der Waals surface area contributed by atoms with Crippen molar-refractivity contribution in [2.75, 3.05) is 24.3 Å². The Balaban J connectivity index is 1.68. The maximum absolute atomic E-state index is 12.8. The number of nitrogens with zero attached hydrogens (tertiary/aromatic N) is 2. The van der Waals surface area contributed by atoms with Crippen LogP contribution >= 0.6 is 0 Å². The van der Waals surface area contributed by atoms with Gasteiger partial charge in [0.15, 0.2) is 0 Å². The van der Waals surface area contributed by atoms with Gasteiger partial charge in [-0.3, -0.25) is 4.79 Å². The van der Waals surface area contributed by atoms with Crippen molar-refractivity contribution >= 4 is 28.3 Å². The van der Waals surface area contributed by atoms with Crippen molar-refractivity contribution in [3.63, 3.8) is 0 Å². The molecule has 3 aromatic carbocycles. The molecule has 0 aliphatic rings. The van der Waals surface area contributed by atoms with Crippen LogP contribution in [0, 0.1) is 6.92 Å². The van der Waals surface area contributed by atoms with Crippen LogP contribution in [0.25, 0.3) is 22.4 Å². The highest BCUT2D eigenvalue weighted by Crippen LogP contribution is 2.28. The molecule has 0 bridgehead atoms. The smallest absolute Gasteiger partial charge is 0.255 e. The number of hydrogen-bond acceptors (Lipinski definition) is 3. The first-order valence-corrected chi connectivity index (χ1v) is 9.16. The summed E-state index contributed by atoms with van der Waals surface area (Å²) in [6, 6.07) is 21.3. The lowest BCUT2D eigenvalue weighted by atomic mass is 10.1. The fourth-order valence-electron chi connectivity index (χ4n) is 3.17. The van der Waals surface area contributed by atoms with Crippen LogP contribution in [-0.2, 0) is 0 Å². The number of H-pyrrole nitrogens is 1. The first-order valence-electron chi connectivity index (χ1n) is 9.16. The Morgan fingerprint density at radius 3 is 2.64 bits per heavy atom. The highest BCUT2D eigenvalue weighted by Gasteiger charge is 2.13. The van der Waals surface area contributed by atoms with Gasteiger partial charge in [0.05, 0.1) is 16.7 Å². The van der Waals surface area contributed by atoms with E-state index in [1.807, 2.05) is 79.7 Å². The van der Waals surface area contributed by atoms with E-state index in [9.17, 15) is 4.79 Å². The van der Waals surface area contributed by atoms with Gasteiger partial charge in [-0.2, -0.15) is 0 Å². The number of carbonyl (C=O) groups is 1. The molecule has 0 saturated heterocycles. The molecule has 4 aromatic rings. The SMILES string of the molecule is Cc1ccc2nc(-c3ccccc3NC(=O)c3cccc(N(C)C)c3)[nH]c2c1. The molecule has 1 amide bonds. The van der Waals surface area contributed by atoms with Crippen molar-refractivity contribution in [1.29, 1.82) is 0 Å². The van der Waals surface area contributed by atoms with E-state index in [-0.39, 0.29) is 5.91 Å². The summed E-state index contributed by atoms with van der Waals surface area (Å²) in [4.78, 5) is 22.9. The molecular formula is C23H22N4O. The highest BCUT2D eigenvalue weighted by atomic mass is 16.1. The van der Waals surface area contributed by atoms with Gasteiger partial charge in [0.2, 0.25) is 0 Å². The van der Waals surface area contributed by atoms with Gasteiger partial charge in [0, 0.05) is 30.9 Å². The number of nitrogens with one attached hydrogen (secondary N) is 2. The average Bonchev–Trinajstić information content (AvgIpc) is 3.11. The Hall–Kier alpha value is -3.60. The van der Waals surface area contributed by atoms with Gasteiger partial charge in [0.25, 0.3) is 5.91 Å². The van der Waals surface area contributed by atoms with E-state index in [1.54, 1.807) is 0 Å². The molecule has 0 saturated carbocycles. The number of rotatable bonds is 4. The molecule has 5 heteroatoms. The Bertz CT molecular complexity index is 1160. The van der Waals surface area contributed by atoms with Gasteiger partial charge in [-0.25, -0.2) is 4.98 Å². The first-order chi connectivity index (χ1) is 13.5. The number of aromatic amines is 1. The highest BCUT2D eigenvalue weighted by molar-refractivity contribution is 6.06. The van der Waals surface area contributed by atoms with Crippen LogP contribution in [0.15, 0.2) is 66.7 Å². The van der Waals surface area contributed by atoms with E-state index in [0.717, 1.165) is 33.8 Å².